The quantitative estimate of drug-likeness (QED) is 0.871. The highest BCUT2D eigenvalue weighted by atomic mass is 16.5. The Kier molecular flexibility index (Phi) is 3.52. The van der Waals surface area contributed by atoms with E-state index in [0.717, 1.165) is 31.4 Å². The summed E-state index contributed by atoms with van der Waals surface area (Å²) in [5.41, 5.74) is 0.410. The van der Waals surface area contributed by atoms with E-state index in [9.17, 15) is 4.79 Å². The summed E-state index contributed by atoms with van der Waals surface area (Å²) in [6.07, 6.45) is 7.40. The average Bonchev–Trinajstić information content (AvgIpc) is 3.10. The van der Waals surface area contributed by atoms with Crippen LogP contribution in [0.25, 0.3) is 0 Å². The van der Waals surface area contributed by atoms with Gasteiger partial charge < -0.3 is 14.2 Å². The zero-order valence-electron chi connectivity index (χ0n) is 13.0. The number of amides is 1. The lowest BCUT2D eigenvalue weighted by atomic mass is 9.99. The van der Waals surface area contributed by atoms with E-state index in [-0.39, 0.29) is 24.1 Å². The first-order valence-corrected chi connectivity index (χ1v) is 8.03. The van der Waals surface area contributed by atoms with Crippen molar-refractivity contribution >= 4 is 5.91 Å². The predicted octanol–water partition coefficient (Wildman–Crippen LogP) is 2.59. The molecule has 0 aliphatic carbocycles. The molecule has 2 atom stereocenters. The number of ether oxygens (including phenoxy) is 1. The van der Waals surface area contributed by atoms with E-state index in [1.54, 1.807) is 25.4 Å². The first-order valence-electron chi connectivity index (χ1n) is 8.03. The van der Waals surface area contributed by atoms with Crippen molar-refractivity contribution in [2.75, 3.05) is 0 Å². The lowest BCUT2D eigenvalue weighted by molar-refractivity contribution is 0.0350. The van der Waals surface area contributed by atoms with Crippen LogP contribution in [0.5, 0.6) is 5.75 Å². The van der Waals surface area contributed by atoms with Gasteiger partial charge in [0.1, 0.15) is 17.6 Å². The molecule has 0 aromatic carbocycles. The zero-order valence-corrected chi connectivity index (χ0v) is 13.0. The molecule has 2 aromatic rings. The zero-order chi connectivity index (χ0) is 15.8. The van der Waals surface area contributed by atoms with Gasteiger partial charge in [0.25, 0.3) is 5.91 Å². The molecule has 2 aromatic heterocycles. The van der Waals surface area contributed by atoms with Crippen LogP contribution in [0.15, 0.2) is 35.1 Å². The highest BCUT2D eigenvalue weighted by Gasteiger charge is 2.44. The van der Waals surface area contributed by atoms with Gasteiger partial charge in [-0.3, -0.25) is 9.78 Å². The third-order valence-electron chi connectivity index (χ3n) is 4.72. The van der Waals surface area contributed by atoms with E-state index in [4.69, 9.17) is 9.26 Å². The van der Waals surface area contributed by atoms with Gasteiger partial charge in [0.2, 0.25) is 0 Å². The van der Waals surface area contributed by atoms with Crippen molar-refractivity contribution in [3.8, 4) is 5.75 Å². The molecule has 0 radical (unpaired) electrons. The van der Waals surface area contributed by atoms with E-state index >= 15 is 0 Å². The number of nitrogens with zero attached hydrogens (tertiary/aromatic N) is 3. The number of fused-ring (bicyclic) bond motifs is 2. The third kappa shape index (κ3) is 2.69. The summed E-state index contributed by atoms with van der Waals surface area (Å²) in [6, 6.07) is 5.91. The summed E-state index contributed by atoms with van der Waals surface area (Å²) < 4.78 is 11.1. The fourth-order valence-electron chi connectivity index (χ4n) is 3.76. The summed E-state index contributed by atoms with van der Waals surface area (Å²) in [6.45, 7) is 1.80. The predicted molar refractivity (Wildman–Crippen MR) is 82.1 cm³/mol. The van der Waals surface area contributed by atoms with Crippen LogP contribution in [0.3, 0.4) is 0 Å². The number of hydrogen-bond acceptors (Lipinski definition) is 5. The number of aryl methyl sites for hydroxylation is 1. The number of carbonyl (C=O) groups is 1. The van der Waals surface area contributed by atoms with Crippen LogP contribution in [0.4, 0.5) is 0 Å². The summed E-state index contributed by atoms with van der Waals surface area (Å²) in [5.74, 6) is 1.49. The Morgan fingerprint density at radius 3 is 2.57 bits per heavy atom. The molecular formula is C17H19N3O3. The smallest absolute Gasteiger partial charge is 0.276 e. The van der Waals surface area contributed by atoms with Crippen LogP contribution in [0.2, 0.25) is 0 Å². The van der Waals surface area contributed by atoms with Crippen molar-refractivity contribution in [3.05, 3.63) is 42.0 Å². The lowest BCUT2D eigenvalue weighted by Gasteiger charge is -2.38. The highest BCUT2D eigenvalue weighted by molar-refractivity contribution is 5.93. The molecule has 0 spiro atoms. The second kappa shape index (κ2) is 5.68. The third-order valence-corrected chi connectivity index (χ3v) is 4.72. The Labute approximate surface area is 134 Å². The number of hydrogen-bond donors (Lipinski definition) is 0. The Morgan fingerprint density at radius 2 is 1.96 bits per heavy atom. The van der Waals surface area contributed by atoms with E-state index in [0.29, 0.717) is 11.5 Å². The van der Waals surface area contributed by atoms with Crippen LogP contribution in [-0.2, 0) is 0 Å². The summed E-state index contributed by atoms with van der Waals surface area (Å²) in [7, 11) is 0. The Bertz CT molecular complexity index is 686. The van der Waals surface area contributed by atoms with Crippen LogP contribution in [-0.4, -0.2) is 39.1 Å². The maximum absolute atomic E-state index is 12.7. The molecule has 2 aliphatic rings. The lowest BCUT2D eigenvalue weighted by Crippen LogP contribution is -2.49. The van der Waals surface area contributed by atoms with Gasteiger partial charge in [0.15, 0.2) is 5.69 Å². The molecule has 2 bridgehead atoms. The topological polar surface area (TPSA) is 68.5 Å². The van der Waals surface area contributed by atoms with Crippen LogP contribution < -0.4 is 4.74 Å². The maximum Gasteiger partial charge on any atom is 0.276 e. The van der Waals surface area contributed by atoms with Crippen molar-refractivity contribution in [3.63, 3.8) is 0 Å². The Hall–Kier alpha value is -2.37. The molecule has 1 amide bonds. The number of aromatic nitrogens is 2. The molecule has 120 valence electrons. The summed E-state index contributed by atoms with van der Waals surface area (Å²) in [5, 5.41) is 3.87. The average molecular weight is 313 g/mol. The first-order chi connectivity index (χ1) is 11.2. The minimum atomic E-state index is -0.0169. The molecule has 6 heteroatoms. The number of piperidine rings is 1. The molecule has 2 saturated heterocycles. The fraction of sp³-hybridized carbons (Fsp3) is 0.471. The van der Waals surface area contributed by atoms with Crippen LogP contribution in [0, 0.1) is 6.92 Å². The largest absolute Gasteiger partial charge is 0.490 e. The number of carbonyl (C=O) groups excluding carboxylic acids is 1. The normalized spacial score (nSPS) is 26.3. The molecule has 6 nitrogen and oxygen atoms in total. The molecule has 2 aliphatic heterocycles. The van der Waals surface area contributed by atoms with E-state index in [1.165, 1.54) is 0 Å². The van der Waals surface area contributed by atoms with Gasteiger partial charge in [-0.15, -0.1) is 0 Å². The van der Waals surface area contributed by atoms with E-state index in [1.807, 2.05) is 17.0 Å². The standard InChI is InChI=1S/C17H19N3O3/c1-11-8-16(19-23-11)17(21)20-12-2-3-13(20)10-15(9-12)22-14-4-6-18-7-5-14/h4-8,12-13,15H,2-3,9-10H2,1H3. The second-order valence-electron chi connectivity index (χ2n) is 6.31. The van der Waals surface area contributed by atoms with E-state index < -0.39 is 0 Å². The van der Waals surface area contributed by atoms with Crippen molar-refractivity contribution in [1.82, 2.24) is 15.0 Å². The van der Waals surface area contributed by atoms with Crippen molar-refractivity contribution < 1.29 is 14.1 Å². The molecule has 4 heterocycles. The maximum atomic E-state index is 12.7. The van der Waals surface area contributed by atoms with Crippen molar-refractivity contribution in [1.29, 1.82) is 0 Å². The van der Waals surface area contributed by atoms with Gasteiger partial charge >= 0.3 is 0 Å². The molecular weight excluding hydrogens is 294 g/mol. The molecule has 2 unspecified atom stereocenters. The summed E-state index contributed by atoms with van der Waals surface area (Å²) in [4.78, 5) is 18.7. The Morgan fingerprint density at radius 1 is 1.26 bits per heavy atom. The van der Waals surface area contributed by atoms with Gasteiger partial charge in [0, 0.05) is 43.4 Å². The van der Waals surface area contributed by atoms with Gasteiger partial charge in [0.05, 0.1) is 0 Å². The minimum Gasteiger partial charge on any atom is -0.490 e. The SMILES string of the molecule is Cc1cc(C(=O)N2C3CCC2CC(Oc2ccncc2)C3)no1. The molecule has 2 fully saturated rings. The monoisotopic (exact) mass is 313 g/mol. The van der Waals surface area contributed by atoms with Crippen LogP contribution in [0.1, 0.15) is 41.9 Å². The fourth-order valence-corrected chi connectivity index (χ4v) is 3.76. The number of rotatable bonds is 3. The van der Waals surface area contributed by atoms with Crippen molar-refractivity contribution in [2.24, 2.45) is 0 Å². The molecule has 4 rings (SSSR count). The molecule has 0 saturated carbocycles. The Balaban J connectivity index is 1.47. The molecule has 0 N–H and O–H groups in total. The van der Waals surface area contributed by atoms with Gasteiger partial charge in [-0.2, -0.15) is 0 Å². The van der Waals surface area contributed by atoms with E-state index in [2.05, 4.69) is 10.1 Å². The van der Waals surface area contributed by atoms with Crippen molar-refractivity contribution in [2.45, 2.75) is 50.8 Å². The minimum absolute atomic E-state index is 0.0169. The summed E-state index contributed by atoms with van der Waals surface area (Å²) >= 11 is 0. The van der Waals surface area contributed by atoms with Gasteiger partial charge in [-0.05, 0) is 31.9 Å². The van der Waals surface area contributed by atoms with Crippen LogP contribution >= 0.6 is 0 Å². The van der Waals surface area contributed by atoms with Gasteiger partial charge in [-0.25, -0.2) is 0 Å². The molecule has 23 heavy (non-hydrogen) atoms. The number of pyridine rings is 1. The first kappa shape index (κ1) is 14.2. The second-order valence-corrected chi connectivity index (χ2v) is 6.31. The van der Waals surface area contributed by atoms with Gasteiger partial charge in [-0.1, -0.05) is 5.16 Å². The highest BCUT2D eigenvalue weighted by Crippen LogP contribution is 2.38.